The highest BCUT2D eigenvalue weighted by Crippen LogP contribution is 2.44. The summed E-state index contributed by atoms with van der Waals surface area (Å²) in [7, 11) is -1.64. The Morgan fingerprint density at radius 1 is 0.750 bits per heavy atom. The maximum Gasteiger partial charge on any atom is 0.169 e. The average Bonchev–Trinajstić information content (AvgIpc) is 3.36. The van der Waals surface area contributed by atoms with E-state index in [0.717, 1.165) is 21.1 Å². The second-order valence-electron chi connectivity index (χ2n) is 8.95. The quantitative estimate of drug-likeness (QED) is 0.178. The van der Waals surface area contributed by atoms with Gasteiger partial charge in [-0.1, -0.05) is 85.5 Å². The molecule has 2 nitrogen and oxygen atoms in total. The molecule has 0 aliphatic carbocycles. The molecular formula is C26H35Br2ClN2Si. The molecule has 4 rings (SSSR count). The molecule has 1 N–H and O–H groups in total. The first-order valence-corrected chi connectivity index (χ1v) is 15.6. The molecule has 32 heavy (non-hydrogen) atoms. The Morgan fingerprint density at radius 3 is 1.84 bits per heavy atom. The zero-order chi connectivity index (χ0) is 24.1. The van der Waals surface area contributed by atoms with Crippen LogP contribution in [-0.2, 0) is 0 Å². The van der Waals surface area contributed by atoms with Crippen molar-refractivity contribution in [3.05, 3.63) is 69.9 Å². The van der Waals surface area contributed by atoms with Gasteiger partial charge in [0.15, 0.2) is 8.24 Å². The summed E-state index contributed by atoms with van der Waals surface area (Å²) in [5.41, 5.74) is 4.72. The molecule has 2 aromatic carbocycles. The van der Waals surface area contributed by atoms with Crippen molar-refractivity contribution in [1.29, 1.82) is 0 Å². The minimum Gasteiger partial charge on any atom is -0.373 e. The molecule has 6 heteroatoms. The average molecular weight is 599 g/mol. The van der Waals surface area contributed by atoms with Gasteiger partial charge in [-0.3, -0.25) is 0 Å². The predicted molar refractivity (Wildman–Crippen MR) is 154 cm³/mol. The lowest BCUT2D eigenvalue weighted by Crippen LogP contribution is -2.51. The van der Waals surface area contributed by atoms with Crippen LogP contribution >= 0.6 is 43.5 Å². The van der Waals surface area contributed by atoms with Gasteiger partial charge in [0.2, 0.25) is 0 Å². The standard InChI is InChI=1S/C17H26BrNSi.C8H6BrN.CH3Cl/c1-12(2)20(13(3)4,14(5)6)19-10-9-15-7-8-16(18)11-17(15)19;9-7-2-1-6-3-4-10-8(6)5-7;1-2/h7-14H,1-6H3;1-5,10H;1H3. The summed E-state index contributed by atoms with van der Waals surface area (Å²) in [4.78, 5) is 3.13. The number of aromatic nitrogens is 2. The Bertz CT molecular complexity index is 1110. The number of nitrogens with zero attached hydrogens (tertiary/aromatic N) is 1. The van der Waals surface area contributed by atoms with Gasteiger partial charge in [0.1, 0.15) is 0 Å². The van der Waals surface area contributed by atoms with E-state index in [4.69, 9.17) is 0 Å². The first kappa shape index (κ1) is 27.2. The van der Waals surface area contributed by atoms with Crippen molar-refractivity contribution in [2.24, 2.45) is 0 Å². The van der Waals surface area contributed by atoms with Crippen LogP contribution in [0.15, 0.2) is 69.9 Å². The summed E-state index contributed by atoms with van der Waals surface area (Å²) in [6, 6.07) is 17.1. The third kappa shape index (κ3) is 5.55. The summed E-state index contributed by atoms with van der Waals surface area (Å²) in [6.45, 7) is 14.5. The van der Waals surface area contributed by atoms with Crippen LogP contribution in [0.3, 0.4) is 0 Å². The van der Waals surface area contributed by atoms with Gasteiger partial charge < -0.3 is 9.22 Å². The van der Waals surface area contributed by atoms with Crippen LogP contribution in [-0.4, -0.2) is 23.8 Å². The van der Waals surface area contributed by atoms with E-state index in [-0.39, 0.29) is 0 Å². The van der Waals surface area contributed by atoms with Gasteiger partial charge in [-0.15, -0.1) is 11.6 Å². The second-order valence-corrected chi connectivity index (χ2v) is 16.5. The van der Waals surface area contributed by atoms with E-state index in [1.807, 2.05) is 12.3 Å². The molecule has 0 radical (unpaired) electrons. The van der Waals surface area contributed by atoms with E-state index in [9.17, 15) is 0 Å². The zero-order valence-electron chi connectivity index (χ0n) is 20.1. The van der Waals surface area contributed by atoms with Crippen molar-refractivity contribution >= 4 is 73.5 Å². The predicted octanol–water partition coefficient (Wildman–Crippen LogP) is 10.2. The molecule has 0 saturated carbocycles. The number of benzene rings is 2. The SMILES string of the molecule is Brc1ccc2cc[nH]c2c1.CC(C)[Si](C(C)C)(C(C)C)n1ccc2ccc(Br)cc21.CCl. The summed E-state index contributed by atoms with van der Waals surface area (Å²) in [6.07, 6.45) is 5.75. The van der Waals surface area contributed by atoms with Gasteiger partial charge >= 0.3 is 0 Å². The highest BCUT2D eigenvalue weighted by molar-refractivity contribution is 9.10. The number of hydrogen-bond acceptors (Lipinski definition) is 0. The molecule has 4 aromatic rings. The summed E-state index contributed by atoms with van der Waals surface area (Å²) >= 11 is 11.7. The van der Waals surface area contributed by atoms with Crippen LogP contribution in [0.25, 0.3) is 21.8 Å². The Kier molecular flexibility index (Phi) is 10.1. The summed E-state index contributed by atoms with van der Waals surface area (Å²) in [5, 5.41) is 2.61. The largest absolute Gasteiger partial charge is 0.373 e. The maximum absolute atomic E-state index is 4.64. The topological polar surface area (TPSA) is 20.7 Å². The van der Waals surface area contributed by atoms with Gasteiger partial charge in [-0.05, 0) is 70.0 Å². The Labute approximate surface area is 216 Å². The molecule has 0 fully saturated rings. The molecule has 2 heterocycles. The number of hydrogen-bond donors (Lipinski definition) is 1. The molecule has 0 aliphatic rings. The van der Waals surface area contributed by atoms with Crippen molar-refractivity contribution in [2.75, 3.05) is 6.38 Å². The number of aromatic amines is 1. The molecular weight excluding hydrogens is 564 g/mol. The molecule has 2 aromatic heterocycles. The van der Waals surface area contributed by atoms with Crippen LogP contribution in [0.1, 0.15) is 41.5 Å². The van der Waals surface area contributed by atoms with Crippen LogP contribution in [0, 0.1) is 0 Å². The Morgan fingerprint density at radius 2 is 1.28 bits per heavy atom. The minimum absolute atomic E-state index is 0.720. The fraction of sp³-hybridized carbons (Fsp3) is 0.385. The zero-order valence-corrected chi connectivity index (χ0v) is 25.0. The number of rotatable bonds is 4. The molecule has 174 valence electrons. The molecule has 0 atom stereocenters. The lowest BCUT2D eigenvalue weighted by molar-refractivity contribution is 0.773. The number of halogens is 3. The van der Waals surface area contributed by atoms with E-state index in [1.54, 1.807) is 0 Å². The van der Waals surface area contributed by atoms with Crippen molar-refractivity contribution < 1.29 is 0 Å². The summed E-state index contributed by atoms with van der Waals surface area (Å²) in [5.74, 6) is 0. The Balaban J connectivity index is 0.000000251. The molecule has 0 amide bonds. The van der Waals surface area contributed by atoms with Gasteiger partial charge in [0.05, 0.1) is 0 Å². The van der Waals surface area contributed by atoms with Crippen LogP contribution in [0.5, 0.6) is 0 Å². The number of alkyl halides is 1. The Hall–Kier alpha value is -1.01. The third-order valence-corrected chi connectivity index (χ3v) is 14.1. The van der Waals surface area contributed by atoms with Gasteiger partial charge in [-0.2, -0.15) is 0 Å². The van der Waals surface area contributed by atoms with Gasteiger partial charge in [0, 0.05) is 32.6 Å². The fourth-order valence-electron chi connectivity index (χ4n) is 5.29. The first-order chi connectivity index (χ1) is 15.2. The summed E-state index contributed by atoms with van der Waals surface area (Å²) < 4.78 is 4.94. The molecule has 0 bridgehead atoms. The highest BCUT2D eigenvalue weighted by atomic mass is 79.9. The van der Waals surface area contributed by atoms with Crippen molar-refractivity contribution in [3.8, 4) is 0 Å². The van der Waals surface area contributed by atoms with E-state index in [0.29, 0.717) is 0 Å². The lowest BCUT2D eigenvalue weighted by Gasteiger charge is -2.44. The van der Waals surface area contributed by atoms with Gasteiger partial charge in [-0.25, -0.2) is 0 Å². The third-order valence-electron chi connectivity index (χ3n) is 6.36. The first-order valence-electron chi connectivity index (χ1n) is 11.1. The van der Waals surface area contributed by atoms with E-state index >= 15 is 0 Å². The molecule has 0 aliphatic heterocycles. The van der Waals surface area contributed by atoms with Gasteiger partial charge in [0.25, 0.3) is 0 Å². The number of H-pyrrole nitrogens is 1. The maximum atomic E-state index is 4.64. The number of nitrogens with one attached hydrogen (secondary N) is 1. The van der Waals surface area contributed by atoms with E-state index in [2.05, 4.69) is 143 Å². The monoisotopic (exact) mass is 596 g/mol. The normalized spacial score (nSPS) is 11.7. The smallest absolute Gasteiger partial charge is 0.169 e. The van der Waals surface area contributed by atoms with Crippen molar-refractivity contribution in [2.45, 2.75) is 58.2 Å². The van der Waals surface area contributed by atoms with Crippen molar-refractivity contribution in [1.82, 2.24) is 9.22 Å². The van der Waals surface area contributed by atoms with Crippen LogP contribution < -0.4 is 0 Å². The van der Waals surface area contributed by atoms with Crippen LogP contribution in [0.4, 0.5) is 0 Å². The van der Waals surface area contributed by atoms with E-state index in [1.165, 1.54) is 32.7 Å². The molecule has 0 saturated heterocycles. The van der Waals surface area contributed by atoms with Crippen LogP contribution in [0.2, 0.25) is 16.6 Å². The molecule has 0 unspecified atom stereocenters. The fourth-order valence-corrected chi connectivity index (χ4v) is 12.6. The minimum atomic E-state index is -1.64. The lowest BCUT2D eigenvalue weighted by atomic mass is 10.3. The van der Waals surface area contributed by atoms with E-state index < -0.39 is 8.24 Å². The highest BCUT2D eigenvalue weighted by Gasteiger charge is 2.45. The molecule has 0 spiro atoms. The second kappa shape index (κ2) is 11.9. The van der Waals surface area contributed by atoms with Crippen molar-refractivity contribution in [3.63, 3.8) is 0 Å². The number of fused-ring (bicyclic) bond motifs is 2.